The van der Waals surface area contributed by atoms with Gasteiger partial charge >= 0.3 is 6.09 Å². The summed E-state index contributed by atoms with van der Waals surface area (Å²) < 4.78 is 5.75. The SMILES string of the molecule is N#C/C(=N\OC(=O)N1CCCCC1)c1cccc(Oc2ccccc2)c1. The number of hydrogen-bond donors (Lipinski definition) is 0. The molecule has 0 bridgehead atoms. The second-order valence-electron chi connectivity index (χ2n) is 5.90. The van der Waals surface area contributed by atoms with Gasteiger partial charge in [-0.3, -0.25) is 4.84 Å². The van der Waals surface area contributed by atoms with E-state index in [0.717, 1.165) is 19.3 Å². The zero-order valence-corrected chi connectivity index (χ0v) is 14.3. The summed E-state index contributed by atoms with van der Waals surface area (Å²) in [5, 5.41) is 13.1. The summed E-state index contributed by atoms with van der Waals surface area (Å²) in [7, 11) is 0. The van der Waals surface area contributed by atoms with Gasteiger partial charge in [-0.05, 0) is 43.5 Å². The number of nitrogens with zero attached hydrogens (tertiary/aromatic N) is 3. The average molecular weight is 349 g/mol. The topological polar surface area (TPSA) is 74.9 Å². The number of hydrogen-bond acceptors (Lipinski definition) is 5. The molecule has 0 N–H and O–H groups in total. The van der Waals surface area contributed by atoms with Gasteiger partial charge in [-0.25, -0.2) is 4.79 Å². The van der Waals surface area contributed by atoms with E-state index in [1.807, 2.05) is 36.4 Å². The van der Waals surface area contributed by atoms with Crippen molar-refractivity contribution in [2.24, 2.45) is 5.16 Å². The molecule has 0 radical (unpaired) electrons. The van der Waals surface area contributed by atoms with E-state index in [0.29, 0.717) is 30.2 Å². The summed E-state index contributed by atoms with van der Waals surface area (Å²) in [6.45, 7) is 1.33. The third kappa shape index (κ3) is 4.61. The lowest BCUT2D eigenvalue weighted by Gasteiger charge is -2.24. The van der Waals surface area contributed by atoms with Crippen LogP contribution in [0.1, 0.15) is 24.8 Å². The van der Waals surface area contributed by atoms with E-state index in [1.54, 1.807) is 29.2 Å². The van der Waals surface area contributed by atoms with Crippen LogP contribution in [0.15, 0.2) is 59.8 Å². The zero-order chi connectivity index (χ0) is 18.2. The van der Waals surface area contributed by atoms with Crippen LogP contribution in [0, 0.1) is 11.3 Å². The second kappa shape index (κ2) is 8.67. The summed E-state index contributed by atoms with van der Waals surface area (Å²) in [4.78, 5) is 18.6. The van der Waals surface area contributed by atoms with Crippen molar-refractivity contribution in [2.75, 3.05) is 13.1 Å². The van der Waals surface area contributed by atoms with Crippen molar-refractivity contribution in [1.82, 2.24) is 4.90 Å². The lowest BCUT2D eigenvalue weighted by atomic mass is 10.1. The van der Waals surface area contributed by atoms with Crippen LogP contribution >= 0.6 is 0 Å². The minimum absolute atomic E-state index is 0.0221. The van der Waals surface area contributed by atoms with Crippen LogP contribution in [-0.2, 0) is 4.84 Å². The van der Waals surface area contributed by atoms with Gasteiger partial charge in [0.05, 0.1) is 0 Å². The highest BCUT2D eigenvalue weighted by Gasteiger charge is 2.18. The molecular formula is C20H19N3O3. The summed E-state index contributed by atoms with van der Waals surface area (Å²) in [5.41, 5.74) is 0.543. The molecule has 1 fully saturated rings. The van der Waals surface area contributed by atoms with Gasteiger partial charge in [-0.2, -0.15) is 5.26 Å². The first-order chi connectivity index (χ1) is 12.8. The molecule has 132 valence electrons. The number of piperidine rings is 1. The highest BCUT2D eigenvalue weighted by Crippen LogP contribution is 2.22. The van der Waals surface area contributed by atoms with E-state index in [1.165, 1.54) is 0 Å². The summed E-state index contributed by atoms with van der Waals surface area (Å²) in [6.07, 6.45) is 2.52. The third-order valence-corrected chi connectivity index (χ3v) is 4.02. The molecule has 0 saturated carbocycles. The van der Waals surface area contributed by atoms with E-state index >= 15 is 0 Å². The van der Waals surface area contributed by atoms with Crippen molar-refractivity contribution in [3.63, 3.8) is 0 Å². The Labute approximate surface area is 152 Å². The molecule has 0 unspecified atom stereocenters. The Hall–Kier alpha value is -3.33. The normalized spacial score (nSPS) is 14.4. The van der Waals surface area contributed by atoms with Gasteiger partial charge < -0.3 is 9.64 Å². The van der Waals surface area contributed by atoms with Gasteiger partial charge in [0.15, 0.2) is 5.71 Å². The second-order valence-corrected chi connectivity index (χ2v) is 5.90. The maximum absolute atomic E-state index is 12.0. The molecule has 2 aromatic rings. The van der Waals surface area contributed by atoms with Gasteiger partial charge in [-0.15, -0.1) is 0 Å². The fourth-order valence-corrected chi connectivity index (χ4v) is 2.69. The highest BCUT2D eigenvalue weighted by atomic mass is 16.7. The molecular weight excluding hydrogens is 330 g/mol. The van der Waals surface area contributed by atoms with E-state index in [4.69, 9.17) is 9.57 Å². The molecule has 1 aliphatic heterocycles. The largest absolute Gasteiger partial charge is 0.457 e. The average Bonchev–Trinajstić information content (AvgIpc) is 2.70. The van der Waals surface area contributed by atoms with E-state index in [9.17, 15) is 10.1 Å². The Morgan fingerprint density at radius 2 is 1.73 bits per heavy atom. The quantitative estimate of drug-likeness (QED) is 0.468. The van der Waals surface area contributed by atoms with Gasteiger partial charge in [0.1, 0.15) is 17.6 Å². The number of oxime groups is 1. The molecule has 0 spiro atoms. The van der Waals surface area contributed by atoms with Crippen LogP contribution < -0.4 is 4.74 Å². The molecule has 6 nitrogen and oxygen atoms in total. The van der Waals surface area contributed by atoms with Crippen molar-refractivity contribution in [1.29, 1.82) is 5.26 Å². The number of benzene rings is 2. The van der Waals surface area contributed by atoms with Gasteiger partial charge in [0.2, 0.25) is 0 Å². The Morgan fingerprint density at radius 1 is 1.00 bits per heavy atom. The van der Waals surface area contributed by atoms with Crippen LogP contribution in [0.25, 0.3) is 0 Å². The van der Waals surface area contributed by atoms with Gasteiger partial charge in [0.25, 0.3) is 0 Å². The Balaban J connectivity index is 1.70. The van der Waals surface area contributed by atoms with Crippen molar-refractivity contribution in [2.45, 2.75) is 19.3 Å². The maximum atomic E-state index is 12.0. The predicted octanol–water partition coefficient (Wildman–Crippen LogP) is 4.33. The maximum Gasteiger partial charge on any atom is 0.436 e. The molecule has 1 heterocycles. The van der Waals surface area contributed by atoms with Crippen LogP contribution in [0.3, 0.4) is 0 Å². The van der Waals surface area contributed by atoms with Crippen molar-refractivity contribution in [3.05, 3.63) is 60.2 Å². The standard InChI is InChI=1S/C20H19N3O3/c21-15-19(22-26-20(24)23-12-5-2-6-13-23)16-8-7-11-18(14-16)25-17-9-3-1-4-10-17/h1,3-4,7-11,14H,2,5-6,12-13H2/b22-19+. The fourth-order valence-electron chi connectivity index (χ4n) is 2.69. The van der Waals surface area contributed by atoms with Gasteiger partial charge in [0, 0.05) is 18.7 Å². The van der Waals surface area contributed by atoms with Crippen LogP contribution in [0.2, 0.25) is 0 Å². The van der Waals surface area contributed by atoms with Crippen molar-refractivity contribution < 1.29 is 14.4 Å². The number of rotatable bonds is 4. The summed E-state index contributed by atoms with van der Waals surface area (Å²) in [5.74, 6) is 1.26. The molecule has 1 aliphatic rings. The smallest absolute Gasteiger partial charge is 0.436 e. The number of carbonyl (C=O) groups excluding carboxylic acids is 1. The number of amides is 1. The number of nitriles is 1. The third-order valence-electron chi connectivity index (χ3n) is 4.02. The molecule has 0 atom stereocenters. The first kappa shape index (κ1) is 17.5. The fraction of sp³-hybridized carbons (Fsp3) is 0.250. The molecule has 1 amide bonds. The van der Waals surface area contributed by atoms with Crippen molar-refractivity contribution >= 4 is 11.8 Å². The van der Waals surface area contributed by atoms with E-state index < -0.39 is 6.09 Å². The molecule has 2 aromatic carbocycles. The first-order valence-corrected chi connectivity index (χ1v) is 8.53. The Morgan fingerprint density at radius 3 is 2.46 bits per heavy atom. The molecule has 3 rings (SSSR count). The lowest BCUT2D eigenvalue weighted by molar-refractivity contribution is 0.0984. The molecule has 0 aromatic heterocycles. The van der Waals surface area contributed by atoms with E-state index in [2.05, 4.69) is 5.16 Å². The zero-order valence-electron chi connectivity index (χ0n) is 14.3. The number of ether oxygens (including phenoxy) is 1. The number of para-hydroxylation sites is 1. The molecule has 26 heavy (non-hydrogen) atoms. The molecule has 6 heteroatoms. The van der Waals surface area contributed by atoms with Crippen LogP contribution in [0.4, 0.5) is 4.79 Å². The summed E-state index contributed by atoms with van der Waals surface area (Å²) in [6, 6.07) is 18.2. The van der Waals surface area contributed by atoms with Crippen LogP contribution in [-0.4, -0.2) is 29.8 Å². The number of likely N-dealkylation sites (tertiary alicyclic amines) is 1. The van der Waals surface area contributed by atoms with Crippen LogP contribution in [0.5, 0.6) is 11.5 Å². The first-order valence-electron chi connectivity index (χ1n) is 8.53. The highest BCUT2D eigenvalue weighted by molar-refractivity contribution is 6.11. The van der Waals surface area contributed by atoms with Gasteiger partial charge in [-0.1, -0.05) is 35.5 Å². The lowest BCUT2D eigenvalue weighted by Crippen LogP contribution is -2.35. The number of carbonyl (C=O) groups is 1. The van der Waals surface area contributed by atoms with Crippen molar-refractivity contribution in [3.8, 4) is 17.6 Å². The Bertz CT molecular complexity index is 822. The van der Waals surface area contributed by atoms with E-state index in [-0.39, 0.29) is 5.71 Å². The molecule has 1 saturated heterocycles. The predicted molar refractivity (Wildman–Crippen MR) is 97.0 cm³/mol. The molecule has 0 aliphatic carbocycles. The summed E-state index contributed by atoms with van der Waals surface area (Å²) >= 11 is 0. The minimum atomic E-state index is -0.519. The monoisotopic (exact) mass is 349 g/mol. The Kier molecular flexibility index (Phi) is 5.84. The minimum Gasteiger partial charge on any atom is -0.457 e.